The molecule has 0 fully saturated rings. The Hall–Kier alpha value is -4.85. The smallest absolute Gasteiger partial charge is 0.337 e. The van der Waals surface area contributed by atoms with E-state index in [0.29, 0.717) is 29.6 Å². The number of nitrogens with one attached hydrogen (secondary N) is 1. The molecule has 1 unspecified atom stereocenters. The summed E-state index contributed by atoms with van der Waals surface area (Å²) >= 11 is 0. The lowest BCUT2D eigenvalue weighted by molar-refractivity contribution is -0.148. The molecule has 0 saturated carbocycles. The third-order valence-corrected chi connectivity index (χ3v) is 8.02. The number of esters is 3. The first-order chi connectivity index (χ1) is 23.1. The third-order valence-electron chi connectivity index (χ3n) is 8.02. The number of benzene rings is 3. The number of anilines is 1. The van der Waals surface area contributed by atoms with Crippen molar-refractivity contribution in [2.75, 3.05) is 25.6 Å². The molecule has 50 heavy (non-hydrogen) atoms. The van der Waals surface area contributed by atoms with Gasteiger partial charge in [0.05, 0.1) is 37.5 Å². The molecule has 2 atom stereocenters. The van der Waals surface area contributed by atoms with Crippen LogP contribution in [0.3, 0.4) is 0 Å². The van der Waals surface area contributed by atoms with E-state index in [1.54, 1.807) is 21.0 Å². The van der Waals surface area contributed by atoms with E-state index in [4.69, 9.17) is 18.9 Å². The van der Waals surface area contributed by atoms with E-state index in [1.165, 1.54) is 18.1 Å². The Morgan fingerprint density at radius 3 is 1.58 bits per heavy atom. The van der Waals surface area contributed by atoms with Crippen molar-refractivity contribution in [3.8, 4) is 5.75 Å². The molecule has 0 spiro atoms. The van der Waals surface area contributed by atoms with Crippen LogP contribution in [0.1, 0.15) is 113 Å². The zero-order valence-electron chi connectivity index (χ0n) is 30.8. The number of aryl methyl sites for hydroxylation is 1. The van der Waals surface area contributed by atoms with Crippen molar-refractivity contribution in [3.05, 3.63) is 118 Å². The number of hydrogen-bond acceptors (Lipinski definition) is 8. The summed E-state index contributed by atoms with van der Waals surface area (Å²) < 4.78 is 20.8. The maximum Gasteiger partial charge on any atom is 0.337 e. The largest absolute Gasteiger partial charge is 0.496 e. The van der Waals surface area contributed by atoms with Crippen molar-refractivity contribution in [1.29, 1.82) is 0 Å². The topological polar surface area (TPSA) is 100 Å². The van der Waals surface area contributed by atoms with Crippen LogP contribution < -0.4 is 10.1 Å². The average molecular weight is 688 g/mol. The summed E-state index contributed by atoms with van der Waals surface area (Å²) in [7, 11) is 1.66. The highest BCUT2D eigenvalue weighted by Crippen LogP contribution is 2.32. The molecule has 3 aromatic carbocycles. The van der Waals surface area contributed by atoms with Crippen molar-refractivity contribution >= 4 is 23.6 Å². The van der Waals surface area contributed by atoms with Gasteiger partial charge in [0, 0.05) is 18.7 Å². The van der Waals surface area contributed by atoms with E-state index in [1.807, 2.05) is 62.4 Å². The third kappa shape index (κ3) is 12.2. The van der Waals surface area contributed by atoms with Crippen molar-refractivity contribution < 1.29 is 33.3 Å². The van der Waals surface area contributed by atoms with Crippen LogP contribution in [0.2, 0.25) is 0 Å². The lowest BCUT2D eigenvalue weighted by atomic mass is 9.95. The Morgan fingerprint density at radius 2 is 1.16 bits per heavy atom. The van der Waals surface area contributed by atoms with Gasteiger partial charge in [-0.3, -0.25) is 4.79 Å². The van der Waals surface area contributed by atoms with Gasteiger partial charge in [-0.15, -0.1) is 0 Å². The van der Waals surface area contributed by atoms with E-state index >= 15 is 0 Å². The highest BCUT2D eigenvalue weighted by Gasteiger charge is 2.25. The maximum atomic E-state index is 12.4. The molecule has 8 heteroatoms. The maximum absolute atomic E-state index is 12.4. The van der Waals surface area contributed by atoms with Crippen LogP contribution in [0, 0.1) is 13.8 Å². The molecular formula is C42H57NO7. The van der Waals surface area contributed by atoms with Gasteiger partial charge < -0.3 is 24.3 Å². The van der Waals surface area contributed by atoms with Crippen LogP contribution in [0.4, 0.5) is 5.69 Å². The van der Waals surface area contributed by atoms with Crippen molar-refractivity contribution in [1.82, 2.24) is 0 Å². The van der Waals surface area contributed by atoms with Gasteiger partial charge in [0.25, 0.3) is 0 Å². The van der Waals surface area contributed by atoms with Gasteiger partial charge in [-0.2, -0.15) is 0 Å². The molecule has 0 radical (unpaired) electrons. The predicted octanol–water partition coefficient (Wildman–Crippen LogP) is 9.88. The summed E-state index contributed by atoms with van der Waals surface area (Å²) in [6, 6.07) is 19.4. The first-order valence-corrected chi connectivity index (χ1v) is 16.6. The molecule has 0 amide bonds. The molecule has 1 N–H and O–H groups in total. The molecule has 0 aromatic heterocycles. The zero-order valence-corrected chi connectivity index (χ0v) is 30.8. The van der Waals surface area contributed by atoms with Gasteiger partial charge in [-0.25, -0.2) is 9.59 Å². The summed E-state index contributed by atoms with van der Waals surface area (Å²) in [5.41, 5.74) is 7.63. The van der Waals surface area contributed by atoms with Crippen molar-refractivity contribution in [3.63, 3.8) is 0 Å². The highest BCUT2D eigenvalue weighted by atomic mass is 16.6. The number of carbonyl (C=O) groups is 3. The molecule has 0 aliphatic carbocycles. The van der Waals surface area contributed by atoms with Crippen molar-refractivity contribution in [2.45, 2.75) is 93.7 Å². The Labute approximate surface area is 299 Å². The van der Waals surface area contributed by atoms with Crippen LogP contribution in [-0.2, 0) is 28.6 Å². The fraction of sp³-hybridized carbons (Fsp3) is 0.405. The summed E-state index contributed by atoms with van der Waals surface area (Å²) in [4.78, 5) is 35.5. The van der Waals surface area contributed by atoms with Gasteiger partial charge in [-0.05, 0) is 79.0 Å². The van der Waals surface area contributed by atoms with Crippen LogP contribution in [-0.4, -0.2) is 38.2 Å². The Balaban J connectivity index is 0.000000511. The van der Waals surface area contributed by atoms with Crippen LogP contribution in [0.25, 0.3) is 0 Å². The average Bonchev–Trinajstić information content (AvgIpc) is 3.07. The Kier molecular flexibility index (Phi) is 17.8. The molecule has 0 aliphatic heterocycles. The minimum absolute atomic E-state index is 0. The van der Waals surface area contributed by atoms with E-state index in [0.717, 1.165) is 28.1 Å². The second-order valence-electron chi connectivity index (χ2n) is 12.3. The zero-order chi connectivity index (χ0) is 36.8. The SMILES string of the molecule is C.C=C(C(=O)OCC)C(OC(C)=O)c1ccc(C(C)C)cc1.C=C(C(=O)OCC)[C@@H](Nc1cc(C)c(C)c(OC)c1)c1ccc(C(C)C)cc1. The molecule has 0 bridgehead atoms. The van der Waals surface area contributed by atoms with E-state index < -0.39 is 30.1 Å². The molecule has 272 valence electrons. The summed E-state index contributed by atoms with van der Waals surface area (Å²) in [6.07, 6.45) is -0.817. The summed E-state index contributed by atoms with van der Waals surface area (Å²) in [5, 5.41) is 3.45. The monoisotopic (exact) mass is 687 g/mol. The van der Waals surface area contributed by atoms with Crippen LogP contribution in [0.5, 0.6) is 5.75 Å². The van der Waals surface area contributed by atoms with Gasteiger partial charge >= 0.3 is 17.9 Å². The lowest BCUT2D eigenvalue weighted by Gasteiger charge is -2.23. The highest BCUT2D eigenvalue weighted by molar-refractivity contribution is 5.90. The van der Waals surface area contributed by atoms with Crippen LogP contribution in [0.15, 0.2) is 85.0 Å². The number of methoxy groups -OCH3 is 1. The number of carbonyl (C=O) groups excluding carboxylic acids is 3. The van der Waals surface area contributed by atoms with Gasteiger partial charge in [-0.1, -0.05) is 96.8 Å². The molecule has 3 aromatic rings. The number of rotatable bonds is 14. The molecule has 8 nitrogen and oxygen atoms in total. The number of ether oxygens (including phenoxy) is 4. The first kappa shape index (κ1) is 43.2. The van der Waals surface area contributed by atoms with Gasteiger partial charge in [0.2, 0.25) is 0 Å². The summed E-state index contributed by atoms with van der Waals surface area (Å²) in [5.74, 6) is 0.217. The molecular weight excluding hydrogens is 630 g/mol. The predicted molar refractivity (Wildman–Crippen MR) is 203 cm³/mol. The van der Waals surface area contributed by atoms with Gasteiger partial charge in [0.1, 0.15) is 5.75 Å². The van der Waals surface area contributed by atoms with Crippen molar-refractivity contribution in [2.24, 2.45) is 0 Å². The Bertz CT molecular complexity index is 1590. The second-order valence-corrected chi connectivity index (χ2v) is 12.3. The molecule has 3 rings (SSSR count). The van der Waals surface area contributed by atoms with E-state index in [-0.39, 0.29) is 19.6 Å². The molecule has 0 heterocycles. The minimum Gasteiger partial charge on any atom is -0.496 e. The quantitative estimate of drug-likeness (QED) is 0.102. The minimum atomic E-state index is -0.817. The fourth-order valence-corrected chi connectivity index (χ4v) is 4.97. The molecule has 0 saturated heterocycles. The van der Waals surface area contributed by atoms with E-state index in [9.17, 15) is 14.4 Å². The number of hydrogen-bond donors (Lipinski definition) is 1. The second kappa shape index (κ2) is 20.6. The lowest BCUT2D eigenvalue weighted by Crippen LogP contribution is -2.20. The standard InChI is InChI=1S/C24H31NO3.C17H22O4.CH4/c1-8-28-24(26)18(6)23(20-11-9-19(10-12-20)15(2)3)25-21-13-16(4)17(5)22(14-21)27-7;1-6-20-17(19)12(4)16(21-13(5)18)15-9-7-14(8-10-15)11(2)3;/h9-15,23,25H,6,8H2,1-5,7H3;7-11,16H,4,6H2,1-3,5H3;1H4/t23-;;/m1../s1. The fourth-order valence-electron chi connectivity index (χ4n) is 4.97. The van der Waals surface area contributed by atoms with Crippen LogP contribution >= 0.6 is 0 Å². The van der Waals surface area contributed by atoms with E-state index in [2.05, 4.69) is 58.3 Å². The van der Waals surface area contributed by atoms with Gasteiger partial charge in [0.15, 0.2) is 6.10 Å². The Morgan fingerprint density at radius 1 is 0.720 bits per heavy atom. The normalized spacial score (nSPS) is 11.6. The first-order valence-electron chi connectivity index (χ1n) is 16.6. The molecule has 0 aliphatic rings. The summed E-state index contributed by atoms with van der Waals surface area (Å²) in [6.45, 7) is 25.7.